The van der Waals surface area contributed by atoms with Gasteiger partial charge in [-0.05, 0) is 37.5 Å². The van der Waals surface area contributed by atoms with Crippen molar-refractivity contribution >= 4 is 11.5 Å². The molecule has 0 bridgehead atoms. The van der Waals surface area contributed by atoms with Gasteiger partial charge in [0.25, 0.3) is 5.91 Å². The molecule has 0 aromatic heterocycles. The van der Waals surface area contributed by atoms with Crippen LogP contribution in [0.2, 0.25) is 0 Å². The van der Waals surface area contributed by atoms with Crippen molar-refractivity contribution in [1.29, 1.82) is 0 Å². The lowest BCUT2D eigenvalue weighted by Crippen LogP contribution is -1.96. The Hall–Kier alpha value is -1.77. The topological polar surface area (TPSA) is 41.8 Å². The summed E-state index contributed by atoms with van der Waals surface area (Å²) < 4.78 is 0. The minimum absolute atomic E-state index is 0.240. The van der Waals surface area contributed by atoms with E-state index in [-0.39, 0.29) is 5.91 Å². The van der Waals surface area contributed by atoms with E-state index in [2.05, 4.69) is 10.2 Å². The largest absolute Gasteiger partial charge is 0.297 e. The molecule has 3 nitrogen and oxygen atoms in total. The number of benzene rings is 1. The van der Waals surface area contributed by atoms with Gasteiger partial charge in [-0.1, -0.05) is 18.2 Å². The Morgan fingerprint density at radius 3 is 2.27 bits per heavy atom. The van der Waals surface area contributed by atoms with E-state index in [1.807, 2.05) is 32.0 Å². The molecule has 0 fully saturated rings. The molecular weight excluding hydrogens is 188 g/mol. The van der Waals surface area contributed by atoms with Crippen molar-refractivity contribution in [3.8, 4) is 0 Å². The monoisotopic (exact) mass is 200 g/mol. The fourth-order valence-electron chi connectivity index (χ4n) is 1.60. The number of carbonyl (C=O) groups excluding carboxylic acids is 1. The Morgan fingerprint density at radius 1 is 1.00 bits per heavy atom. The van der Waals surface area contributed by atoms with Crippen molar-refractivity contribution in [3.63, 3.8) is 0 Å². The highest BCUT2D eigenvalue weighted by Crippen LogP contribution is 2.27. The highest BCUT2D eigenvalue weighted by Gasteiger charge is 2.20. The number of amides is 1. The van der Waals surface area contributed by atoms with Crippen LogP contribution in [-0.2, 0) is 4.79 Å². The Kier molecular flexibility index (Phi) is 2.23. The van der Waals surface area contributed by atoms with Crippen LogP contribution in [-0.4, -0.2) is 5.91 Å². The van der Waals surface area contributed by atoms with E-state index in [0.717, 1.165) is 5.56 Å². The second kappa shape index (κ2) is 3.42. The van der Waals surface area contributed by atoms with Crippen LogP contribution in [0.25, 0.3) is 5.57 Å². The maximum Gasteiger partial charge on any atom is 0.297 e. The highest BCUT2D eigenvalue weighted by atomic mass is 16.2. The Balaban J connectivity index is 2.52. The first kappa shape index (κ1) is 9.77. The number of hydrogen-bond acceptors (Lipinski definition) is 2. The van der Waals surface area contributed by atoms with E-state index >= 15 is 0 Å². The summed E-state index contributed by atoms with van der Waals surface area (Å²) in [6, 6.07) is 5.95. The summed E-state index contributed by atoms with van der Waals surface area (Å²) in [5.74, 6) is -0.240. The van der Waals surface area contributed by atoms with Crippen LogP contribution in [0.4, 0.5) is 0 Å². The normalized spacial score (nSPS) is 15.3. The first-order valence-corrected chi connectivity index (χ1v) is 4.84. The quantitative estimate of drug-likeness (QED) is 0.687. The Bertz CT molecular complexity index is 498. The number of rotatable bonds is 1. The molecule has 0 radical (unpaired) electrons. The molecule has 3 heteroatoms. The van der Waals surface area contributed by atoms with Crippen LogP contribution in [0.1, 0.15) is 23.6 Å². The molecule has 1 aromatic rings. The number of aryl methyl sites for hydroxylation is 2. The average Bonchev–Trinajstić information content (AvgIpc) is 2.52. The number of allylic oxidation sites excluding steroid dienone is 1. The highest BCUT2D eigenvalue weighted by molar-refractivity contribution is 6.22. The lowest BCUT2D eigenvalue weighted by molar-refractivity contribution is -0.112. The van der Waals surface area contributed by atoms with Gasteiger partial charge < -0.3 is 0 Å². The van der Waals surface area contributed by atoms with Gasteiger partial charge in [0, 0.05) is 0 Å². The second-order valence-electron chi connectivity index (χ2n) is 3.76. The number of hydrogen-bond donors (Lipinski definition) is 0. The predicted molar refractivity (Wildman–Crippen MR) is 58.4 cm³/mol. The van der Waals surface area contributed by atoms with E-state index < -0.39 is 0 Å². The van der Waals surface area contributed by atoms with Gasteiger partial charge >= 0.3 is 0 Å². The molecule has 0 N–H and O–H groups in total. The van der Waals surface area contributed by atoms with Gasteiger partial charge in [0.15, 0.2) is 0 Å². The molecular formula is C12H12N2O. The molecule has 0 saturated heterocycles. The van der Waals surface area contributed by atoms with Crippen molar-refractivity contribution in [2.24, 2.45) is 10.2 Å². The molecule has 0 spiro atoms. The minimum Gasteiger partial charge on any atom is -0.265 e. The summed E-state index contributed by atoms with van der Waals surface area (Å²) >= 11 is 0. The number of azo groups is 1. The molecule has 1 heterocycles. The molecule has 0 atom stereocenters. The van der Waals surface area contributed by atoms with Gasteiger partial charge in [-0.15, -0.1) is 5.11 Å². The van der Waals surface area contributed by atoms with Crippen molar-refractivity contribution < 1.29 is 4.79 Å². The van der Waals surface area contributed by atoms with E-state index in [0.29, 0.717) is 11.3 Å². The van der Waals surface area contributed by atoms with Gasteiger partial charge in [-0.25, -0.2) is 0 Å². The molecule has 1 aliphatic rings. The maximum absolute atomic E-state index is 11.5. The van der Waals surface area contributed by atoms with Crippen LogP contribution in [0, 0.1) is 13.8 Å². The Labute approximate surface area is 88.5 Å². The third kappa shape index (κ3) is 1.61. The van der Waals surface area contributed by atoms with E-state index in [9.17, 15) is 4.79 Å². The first-order chi connectivity index (χ1) is 7.09. The Morgan fingerprint density at radius 2 is 1.73 bits per heavy atom. The second-order valence-corrected chi connectivity index (χ2v) is 3.76. The first-order valence-electron chi connectivity index (χ1n) is 4.84. The van der Waals surface area contributed by atoms with Crippen LogP contribution in [0.5, 0.6) is 0 Å². The standard InChI is InChI=1S/C12H12N2O/c1-7-4-5-10(6-8(7)2)11-9(3)13-14-12(11)15/h4-6H,1-3H3. The fraction of sp³-hybridized carbons (Fsp3) is 0.250. The molecule has 15 heavy (non-hydrogen) atoms. The lowest BCUT2D eigenvalue weighted by Gasteiger charge is -2.04. The molecule has 0 saturated carbocycles. The number of carbonyl (C=O) groups is 1. The van der Waals surface area contributed by atoms with Crippen molar-refractivity contribution in [1.82, 2.24) is 0 Å². The van der Waals surface area contributed by atoms with Gasteiger partial charge in [0.05, 0.1) is 11.3 Å². The molecule has 1 aliphatic heterocycles. The van der Waals surface area contributed by atoms with Gasteiger partial charge in [-0.2, -0.15) is 5.11 Å². The molecule has 2 rings (SSSR count). The average molecular weight is 200 g/mol. The predicted octanol–water partition coefficient (Wildman–Crippen LogP) is 3.03. The maximum atomic E-state index is 11.5. The summed E-state index contributed by atoms with van der Waals surface area (Å²) in [7, 11) is 0. The van der Waals surface area contributed by atoms with Crippen molar-refractivity contribution in [2.75, 3.05) is 0 Å². The van der Waals surface area contributed by atoms with Crippen LogP contribution in [0.15, 0.2) is 34.1 Å². The van der Waals surface area contributed by atoms with Gasteiger partial charge in [-0.3, -0.25) is 4.79 Å². The van der Waals surface area contributed by atoms with Crippen molar-refractivity contribution in [3.05, 3.63) is 40.6 Å². The molecule has 0 aliphatic carbocycles. The van der Waals surface area contributed by atoms with Crippen LogP contribution < -0.4 is 0 Å². The van der Waals surface area contributed by atoms with E-state index in [1.165, 1.54) is 11.1 Å². The molecule has 1 amide bonds. The summed E-state index contributed by atoms with van der Waals surface area (Å²) in [6.45, 7) is 5.88. The zero-order valence-electron chi connectivity index (χ0n) is 9.03. The van der Waals surface area contributed by atoms with Crippen LogP contribution >= 0.6 is 0 Å². The minimum atomic E-state index is -0.240. The SMILES string of the molecule is CC1=C(c2ccc(C)c(C)c2)C(=O)N=N1. The molecule has 0 unspecified atom stereocenters. The van der Waals surface area contributed by atoms with Gasteiger partial charge in [0.1, 0.15) is 0 Å². The smallest absolute Gasteiger partial charge is 0.265 e. The van der Waals surface area contributed by atoms with Crippen molar-refractivity contribution in [2.45, 2.75) is 20.8 Å². The summed E-state index contributed by atoms with van der Waals surface area (Å²) in [6.07, 6.45) is 0. The van der Waals surface area contributed by atoms with Crippen LogP contribution in [0.3, 0.4) is 0 Å². The molecule has 1 aromatic carbocycles. The van der Waals surface area contributed by atoms with E-state index in [1.54, 1.807) is 6.92 Å². The van der Waals surface area contributed by atoms with Gasteiger partial charge in [0.2, 0.25) is 0 Å². The third-order valence-corrected chi connectivity index (χ3v) is 2.66. The summed E-state index contributed by atoms with van der Waals surface area (Å²) in [4.78, 5) is 11.5. The third-order valence-electron chi connectivity index (χ3n) is 2.66. The summed E-state index contributed by atoms with van der Waals surface area (Å²) in [5, 5.41) is 7.32. The zero-order chi connectivity index (χ0) is 11.0. The zero-order valence-corrected chi connectivity index (χ0v) is 9.03. The fourth-order valence-corrected chi connectivity index (χ4v) is 1.60. The number of nitrogens with zero attached hydrogens (tertiary/aromatic N) is 2. The van der Waals surface area contributed by atoms with E-state index in [4.69, 9.17) is 0 Å². The summed E-state index contributed by atoms with van der Waals surface area (Å²) in [5.41, 5.74) is 4.62. The lowest BCUT2D eigenvalue weighted by atomic mass is 9.99. The molecule has 76 valence electrons.